The summed E-state index contributed by atoms with van der Waals surface area (Å²) in [5.41, 5.74) is 0. The number of esters is 3. The summed E-state index contributed by atoms with van der Waals surface area (Å²) in [5, 5.41) is 20.5. The molecule has 0 saturated heterocycles. The van der Waals surface area contributed by atoms with Gasteiger partial charge in [0.25, 0.3) is 0 Å². The van der Waals surface area contributed by atoms with Crippen LogP contribution in [0.15, 0.2) is 97.2 Å². The highest BCUT2D eigenvalue weighted by molar-refractivity contribution is 7.47. The van der Waals surface area contributed by atoms with Crippen molar-refractivity contribution in [2.24, 2.45) is 0 Å². The number of hydrogen-bond acceptors (Lipinski definition) is 14. The Morgan fingerprint density at radius 2 is 0.596 bits per heavy atom. The fourth-order valence-corrected chi connectivity index (χ4v) is 10.6. The van der Waals surface area contributed by atoms with Crippen LogP contribution in [0.2, 0.25) is 0 Å². The second kappa shape index (κ2) is 64.6. The average Bonchev–Trinajstić information content (AvgIpc) is 3.54. The molecule has 0 aromatic rings. The average molecular weight is 1300 g/mol. The summed E-state index contributed by atoms with van der Waals surface area (Å²) in [7, 11) is -9.78. The standard InChI is InChI=1S/C71H124O16P2/c1-4-7-10-13-16-19-22-25-28-30-32-34-37-39-42-45-48-51-54-57-69(74)81-60-66(72)61-83-88(77,78)84-62-67(73)63-85-89(79,80)86-65-68(87-71(76)59-56-53-50-47-44-41-36-27-24-21-18-15-12-9-6-3)64-82-70(75)58-55-52-49-46-43-40-38-35-33-31-29-26-23-20-17-14-11-8-5-2/h7,10,16-17,19-20,25-29,32-36,66-68,72-73H,4-6,8-9,11-15,18,21-24,30-31,37-65H2,1-3H3,(H,77,78)(H,79,80)/b10-7-,19-16-,20-17-,28-25-,29-26-,34-32-,35-33-,36-27-. The Labute approximate surface area is 539 Å². The maximum Gasteiger partial charge on any atom is 0.472 e. The fourth-order valence-electron chi connectivity index (χ4n) is 8.97. The number of ether oxygens (including phenoxy) is 3. The van der Waals surface area contributed by atoms with Gasteiger partial charge in [0.15, 0.2) is 6.10 Å². The van der Waals surface area contributed by atoms with Crippen LogP contribution in [-0.2, 0) is 55.8 Å². The third-order valence-corrected chi connectivity index (χ3v) is 16.2. The molecule has 0 saturated carbocycles. The van der Waals surface area contributed by atoms with Crippen LogP contribution in [0.1, 0.15) is 278 Å². The molecular weight excluding hydrogens is 1170 g/mol. The van der Waals surface area contributed by atoms with E-state index in [-0.39, 0.29) is 19.3 Å². The molecule has 0 fully saturated rings. The molecule has 0 heterocycles. The van der Waals surface area contributed by atoms with Crippen molar-refractivity contribution in [3.8, 4) is 0 Å². The maximum absolute atomic E-state index is 12.9. The molecule has 0 aliphatic heterocycles. The van der Waals surface area contributed by atoms with Crippen molar-refractivity contribution in [2.45, 2.75) is 296 Å². The summed E-state index contributed by atoms with van der Waals surface area (Å²) >= 11 is 0. The molecular formula is C71H124O16P2. The van der Waals surface area contributed by atoms with Crippen molar-refractivity contribution in [1.82, 2.24) is 0 Å². The number of allylic oxidation sites excluding steroid dienone is 16. The van der Waals surface area contributed by atoms with Crippen LogP contribution in [-0.4, -0.2) is 95.9 Å². The number of unbranched alkanes of at least 4 members (excludes halogenated alkanes) is 26. The van der Waals surface area contributed by atoms with Gasteiger partial charge in [0, 0.05) is 19.3 Å². The third kappa shape index (κ3) is 65.8. The zero-order valence-electron chi connectivity index (χ0n) is 55.6. The van der Waals surface area contributed by atoms with E-state index in [2.05, 4.69) is 118 Å². The SMILES string of the molecule is CC/C=C\C/C=C\C/C=C\C/C=C\CCCCCCCCC(=O)OCC(O)COP(=O)(O)OCC(O)COP(=O)(O)OCC(COC(=O)CCCCCCCC/C=C\C/C=C\C/C=C\CCCCC)OC(=O)CCCCCCC/C=C\CCCCCCCC. The first-order valence-corrected chi connectivity index (χ1v) is 37.5. The van der Waals surface area contributed by atoms with E-state index in [4.69, 9.17) is 32.3 Å². The van der Waals surface area contributed by atoms with E-state index in [1.807, 2.05) is 0 Å². The van der Waals surface area contributed by atoms with Crippen LogP contribution in [0.3, 0.4) is 0 Å². The van der Waals surface area contributed by atoms with Crippen molar-refractivity contribution in [2.75, 3.05) is 39.6 Å². The zero-order chi connectivity index (χ0) is 65.3. The molecule has 0 aromatic carbocycles. The van der Waals surface area contributed by atoms with Gasteiger partial charge in [-0.3, -0.25) is 32.5 Å². The second-order valence-corrected chi connectivity index (χ2v) is 25.8. The van der Waals surface area contributed by atoms with Gasteiger partial charge < -0.3 is 34.2 Å². The molecule has 18 heteroatoms. The molecule has 16 nitrogen and oxygen atoms in total. The minimum atomic E-state index is -4.93. The number of aliphatic hydroxyl groups is 2. The second-order valence-electron chi connectivity index (χ2n) is 22.9. The minimum Gasteiger partial charge on any atom is -0.463 e. The fraction of sp³-hybridized carbons (Fsp3) is 0.732. The van der Waals surface area contributed by atoms with Crippen LogP contribution >= 0.6 is 15.6 Å². The van der Waals surface area contributed by atoms with E-state index >= 15 is 0 Å². The smallest absolute Gasteiger partial charge is 0.463 e. The molecule has 0 aromatic heterocycles. The van der Waals surface area contributed by atoms with Crippen molar-refractivity contribution in [1.29, 1.82) is 0 Å². The van der Waals surface area contributed by atoms with Crippen LogP contribution in [0.25, 0.3) is 0 Å². The number of rotatable bonds is 65. The van der Waals surface area contributed by atoms with Crippen LogP contribution in [0, 0.1) is 0 Å². The molecule has 5 atom stereocenters. The summed E-state index contributed by atoms with van der Waals surface area (Å²) in [4.78, 5) is 58.4. The Kier molecular flexibility index (Phi) is 62.0. The normalized spacial score (nSPS) is 14.8. The molecule has 5 unspecified atom stereocenters. The van der Waals surface area contributed by atoms with Gasteiger partial charge in [-0.1, -0.05) is 234 Å². The lowest BCUT2D eigenvalue weighted by molar-refractivity contribution is -0.161. The summed E-state index contributed by atoms with van der Waals surface area (Å²) in [6.45, 7) is 2.49. The molecule has 89 heavy (non-hydrogen) atoms. The van der Waals surface area contributed by atoms with E-state index in [1.165, 1.54) is 57.8 Å². The van der Waals surface area contributed by atoms with E-state index in [1.54, 1.807) is 0 Å². The Morgan fingerprint density at radius 3 is 0.978 bits per heavy atom. The molecule has 0 aliphatic carbocycles. The molecule has 0 radical (unpaired) electrons. The van der Waals surface area contributed by atoms with Gasteiger partial charge in [0.1, 0.15) is 25.4 Å². The van der Waals surface area contributed by atoms with Crippen molar-refractivity contribution in [3.05, 3.63) is 97.2 Å². The Balaban J connectivity index is 4.70. The van der Waals surface area contributed by atoms with Gasteiger partial charge in [-0.25, -0.2) is 9.13 Å². The predicted molar refractivity (Wildman–Crippen MR) is 362 cm³/mol. The highest BCUT2D eigenvalue weighted by Crippen LogP contribution is 2.45. The maximum atomic E-state index is 12.9. The highest BCUT2D eigenvalue weighted by atomic mass is 31.2. The first-order chi connectivity index (χ1) is 43.2. The topological polar surface area (TPSA) is 231 Å². The van der Waals surface area contributed by atoms with Crippen LogP contribution in [0.4, 0.5) is 0 Å². The molecule has 514 valence electrons. The van der Waals surface area contributed by atoms with Crippen molar-refractivity contribution >= 4 is 33.6 Å². The monoisotopic (exact) mass is 1290 g/mol. The molecule has 4 N–H and O–H groups in total. The lowest BCUT2D eigenvalue weighted by Gasteiger charge is -2.21. The molecule has 0 aliphatic rings. The molecule has 0 bridgehead atoms. The summed E-state index contributed by atoms with van der Waals surface area (Å²) in [5.74, 6) is -1.61. The number of phosphoric ester groups is 2. The van der Waals surface area contributed by atoms with E-state index < -0.39 is 91.5 Å². The summed E-state index contributed by atoms with van der Waals surface area (Å²) in [6.07, 6.45) is 70.2. The van der Waals surface area contributed by atoms with E-state index in [0.717, 1.165) is 161 Å². The minimum absolute atomic E-state index is 0.0911. The van der Waals surface area contributed by atoms with Gasteiger partial charge >= 0.3 is 33.6 Å². The van der Waals surface area contributed by atoms with Gasteiger partial charge in [0.05, 0.1) is 26.4 Å². The van der Waals surface area contributed by atoms with Gasteiger partial charge in [-0.2, -0.15) is 0 Å². The van der Waals surface area contributed by atoms with Gasteiger partial charge in [-0.15, -0.1) is 0 Å². The van der Waals surface area contributed by atoms with Crippen LogP contribution < -0.4 is 0 Å². The predicted octanol–water partition coefficient (Wildman–Crippen LogP) is 19.1. The summed E-state index contributed by atoms with van der Waals surface area (Å²) in [6, 6.07) is 0. The molecule has 0 amide bonds. The number of carbonyl (C=O) groups excluding carboxylic acids is 3. The van der Waals surface area contributed by atoms with E-state index in [9.17, 15) is 43.5 Å². The molecule has 0 spiro atoms. The Morgan fingerprint density at radius 1 is 0.326 bits per heavy atom. The highest BCUT2D eigenvalue weighted by Gasteiger charge is 2.29. The number of phosphoric acid groups is 2. The Bertz CT molecular complexity index is 2010. The Hall–Kier alpha value is -3.53. The quantitative estimate of drug-likeness (QED) is 0.0146. The number of aliphatic hydroxyl groups excluding tert-OH is 2. The molecule has 0 rings (SSSR count). The van der Waals surface area contributed by atoms with Crippen molar-refractivity contribution in [3.63, 3.8) is 0 Å². The number of carbonyl (C=O) groups is 3. The lowest BCUT2D eigenvalue weighted by atomic mass is 10.1. The third-order valence-electron chi connectivity index (χ3n) is 14.3. The first kappa shape index (κ1) is 85.5. The van der Waals surface area contributed by atoms with Gasteiger partial charge in [-0.05, 0) is 122 Å². The van der Waals surface area contributed by atoms with E-state index in [0.29, 0.717) is 19.3 Å². The lowest BCUT2D eigenvalue weighted by Crippen LogP contribution is -2.30. The first-order valence-electron chi connectivity index (χ1n) is 34.5. The van der Waals surface area contributed by atoms with Crippen molar-refractivity contribution < 1.29 is 75.8 Å². The van der Waals surface area contributed by atoms with Gasteiger partial charge in [0.2, 0.25) is 0 Å². The summed E-state index contributed by atoms with van der Waals surface area (Å²) < 4.78 is 60.9. The number of hydrogen-bond donors (Lipinski definition) is 4. The van der Waals surface area contributed by atoms with Crippen LogP contribution in [0.5, 0.6) is 0 Å². The largest absolute Gasteiger partial charge is 0.472 e. The zero-order valence-corrected chi connectivity index (χ0v) is 57.4.